The lowest BCUT2D eigenvalue weighted by Gasteiger charge is -2.35. The predicted octanol–water partition coefficient (Wildman–Crippen LogP) is 3.13. The van der Waals surface area contributed by atoms with Gasteiger partial charge in [-0.3, -0.25) is 19.3 Å². The molecule has 0 spiro atoms. The van der Waals surface area contributed by atoms with E-state index >= 15 is 0 Å². The zero-order valence-electron chi connectivity index (χ0n) is 18.1. The number of likely N-dealkylation sites (tertiary alicyclic amines) is 1. The monoisotopic (exact) mass is 440 g/mol. The summed E-state index contributed by atoms with van der Waals surface area (Å²) >= 11 is 0. The normalized spacial score (nSPS) is 16.4. The average molecular weight is 440 g/mol. The molecule has 0 aromatic heterocycles. The Morgan fingerprint density at radius 1 is 1.16 bits per heavy atom. The Bertz CT molecular complexity index is 1060. The van der Waals surface area contributed by atoms with Crippen molar-refractivity contribution in [2.45, 2.75) is 32.7 Å². The van der Waals surface area contributed by atoms with E-state index in [1.807, 2.05) is 0 Å². The molecule has 0 N–H and O–H groups in total. The standard InChI is InChI=1S/C24H25FN2O5/c1-15-11-18(25)6-8-21(15)31-13-20(28)17-5-7-22-19(12-17)27(23(29)14-32-22)16(2)24(30)26-9-3-4-10-26/h5-8,11-12,16H,3-4,9-10,13-14H2,1-2H3/t16-/m0/s1. The number of Topliss-reactive ketones (excluding diaryl/α,β-unsaturated/α-hetero) is 1. The number of nitrogens with zero attached hydrogens (tertiary/aromatic N) is 2. The van der Waals surface area contributed by atoms with Gasteiger partial charge >= 0.3 is 0 Å². The molecular weight excluding hydrogens is 415 g/mol. The molecule has 7 nitrogen and oxygen atoms in total. The summed E-state index contributed by atoms with van der Waals surface area (Å²) in [6.45, 7) is 4.36. The van der Waals surface area contributed by atoms with Crippen molar-refractivity contribution in [3.05, 3.63) is 53.3 Å². The number of aryl methyl sites for hydroxylation is 1. The second-order valence-electron chi connectivity index (χ2n) is 8.06. The molecule has 0 saturated carbocycles. The molecule has 1 saturated heterocycles. The molecule has 32 heavy (non-hydrogen) atoms. The van der Waals surface area contributed by atoms with Crippen LogP contribution in [0.5, 0.6) is 11.5 Å². The summed E-state index contributed by atoms with van der Waals surface area (Å²) in [4.78, 5) is 41.5. The second kappa shape index (κ2) is 8.98. The highest BCUT2D eigenvalue weighted by Crippen LogP contribution is 2.35. The highest BCUT2D eigenvalue weighted by Gasteiger charge is 2.36. The number of ketones is 1. The van der Waals surface area contributed by atoms with Crippen molar-refractivity contribution in [1.29, 1.82) is 0 Å². The van der Waals surface area contributed by atoms with Gasteiger partial charge < -0.3 is 14.4 Å². The summed E-state index contributed by atoms with van der Waals surface area (Å²) in [7, 11) is 0. The lowest BCUT2D eigenvalue weighted by Crippen LogP contribution is -2.52. The minimum atomic E-state index is -0.702. The van der Waals surface area contributed by atoms with E-state index in [0.29, 0.717) is 41.4 Å². The molecule has 0 unspecified atom stereocenters. The molecule has 2 aliphatic rings. The molecule has 2 amide bonds. The van der Waals surface area contributed by atoms with Gasteiger partial charge in [0, 0.05) is 18.7 Å². The zero-order chi connectivity index (χ0) is 22.8. The summed E-state index contributed by atoms with van der Waals surface area (Å²) < 4.78 is 24.3. The van der Waals surface area contributed by atoms with E-state index in [1.165, 1.54) is 23.1 Å². The van der Waals surface area contributed by atoms with E-state index < -0.39 is 6.04 Å². The van der Waals surface area contributed by atoms with Crippen molar-refractivity contribution in [1.82, 2.24) is 4.90 Å². The first-order valence-corrected chi connectivity index (χ1v) is 10.6. The number of benzene rings is 2. The highest BCUT2D eigenvalue weighted by atomic mass is 19.1. The molecule has 0 bridgehead atoms. The molecule has 4 rings (SSSR count). The summed E-state index contributed by atoms with van der Waals surface area (Å²) in [5.74, 6) is -0.276. The Morgan fingerprint density at radius 3 is 2.62 bits per heavy atom. The van der Waals surface area contributed by atoms with Crippen LogP contribution in [0.3, 0.4) is 0 Å². The quantitative estimate of drug-likeness (QED) is 0.645. The number of rotatable bonds is 6. The highest BCUT2D eigenvalue weighted by molar-refractivity contribution is 6.05. The van der Waals surface area contributed by atoms with Crippen LogP contribution >= 0.6 is 0 Å². The first-order chi connectivity index (χ1) is 15.3. The fourth-order valence-corrected chi connectivity index (χ4v) is 4.08. The van der Waals surface area contributed by atoms with E-state index in [4.69, 9.17) is 9.47 Å². The van der Waals surface area contributed by atoms with Crippen molar-refractivity contribution >= 4 is 23.3 Å². The van der Waals surface area contributed by atoms with Crippen molar-refractivity contribution in [2.75, 3.05) is 31.2 Å². The van der Waals surface area contributed by atoms with Gasteiger partial charge in [0.1, 0.15) is 23.4 Å². The maximum absolute atomic E-state index is 13.3. The molecule has 2 aliphatic heterocycles. The van der Waals surface area contributed by atoms with Crippen LogP contribution in [0.1, 0.15) is 35.7 Å². The fraction of sp³-hybridized carbons (Fsp3) is 0.375. The average Bonchev–Trinajstić information content (AvgIpc) is 3.32. The number of halogens is 1. The van der Waals surface area contributed by atoms with E-state index in [2.05, 4.69) is 0 Å². The van der Waals surface area contributed by atoms with E-state index in [0.717, 1.165) is 12.8 Å². The van der Waals surface area contributed by atoms with Gasteiger partial charge in [0.25, 0.3) is 5.91 Å². The van der Waals surface area contributed by atoms with Crippen LogP contribution in [0.2, 0.25) is 0 Å². The summed E-state index contributed by atoms with van der Waals surface area (Å²) in [6, 6.07) is 8.16. The first-order valence-electron chi connectivity index (χ1n) is 10.6. The molecule has 1 fully saturated rings. The van der Waals surface area contributed by atoms with Gasteiger partial charge in [-0.05, 0) is 68.7 Å². The van der Waals surface area contributed by atoms with Gasteiger partial charge in [-0.2, -0.15) is 0 Å². The van der Waals surface area contributed by atoms with Crippen molar-refractivity contribution in [3.8, 4) is 11.5 Å². The van der Waals surface area contributed by atoms with Gasteiger partial charge in [0.05, 0.1) is 5.69 Å². The molecule has 2 heterocycles. The summed E-state index contributed by atoms with van der Waals surface area (Å²) in [5, 5.41) is 0. The molecule has 168 valence electrons. The number of amides is 2. The van der Waals surface area contributed by atoms with Gasteiger partial charge in [-0.15, -0.1) is 0 Å². The van der Waals surface area contributed by atoms with Crippen LogP contribution in [-0.2, 0) is 9.59 Å². The predicted molar refractivity (Wildman–Crippen MR) is 116 cm³/mol. The minimum Gasteiger partial charge on any atom is -0.485 e. The first kappa shape index (κ1) is 21.8. The Balaban J connectivity index is 1.54. The Kier molecular flexibility index (Phi) is 6.12. The number of anilines is 1. The smallest absolute Gasteiger partial charge is 0.265 e. The number of carbonyl (C=O) groups is 3. The molecular formula is C24H25FN2O5. The third-order valence-corrected chi connectivity index (χ3v) is 5.82. The number of carbonyl (C=O) groups excluding carboxylic acids is 3. The fourth-order valence-electron chi connectivity index (χ4n) is 4.08. The number of ether oxygens (including phenoxy) is 2. The van der Waals surface area contributed by atoms with E-state index in [9.17, 15) is 18.8 Å². The van der Waals surface area contributed by atoms with E-state index in [-0.39, 0.29) is 36.6 Å². The molecule has 1 atom stereocenters. The van der Waals surface area contributed by atoms with Crippen LogP contribution in [0.4, 0.5) is 10.1 Å². The summed E-state index contributed by atoms with van der Waals surface area (Å²) in [6.07, 6.45) is 1.91. The second-order valence-corrected chi connectivity index (χ2v) is 8.06. The maximum atomic E-state index is 13.3. The topological polar surface area (TPSA) is 76.2 Å². The van der Waals surface area contributed by atoms with Crippen LogP contribution in [0.25, 0.3) is 0 Å². The Morgan fingerprint density at radius 2 is 1.91 bits per heavy atom. The lowest BCUT2D eigenvalue weighted by atomic mass is 10.1. The molecule has 2 aromatic carbocycles. The van der Waals surface area contributed by atoms with Gasteiger partial charge in [0.2, 0.25) is 5.91 Å². The van der Waals surface area contributed by atoms with Gasteiger partial charge in [-0.25, -0.2) is 4.39 Å². The van der Waals surface area contributed by atoms with Crippen LogP contribution in [0.15, 0.2) is 36.4 Å². The maximum Gasteiger partial charge on any atom is 0.265 e. The third-order valence-electron chi connectivity index (χ3n) is 5.82. The number of hydrogen-bond donors (Lipinski definition) is 0. The van der Waals surface area contributed by atoms with Crippen molar-refractivity contribution in [3.63, 3.8) is 0 Å². The van der Waals surface area contributed by atoms with Gasteiger partial charge in [-0.1, -0.05) is 0 Å². The molecule has 0 aliphatic carbocycles. The molecule has 0 radical (unpaired) electrons. The zero-order valence-corrected chi connectivity index (χ0v) is 18.1. The van der Waals surface area contributed by atoms with Crippen molar-refractivity contribution < 1.29 is 28.2 Å². The number of hydrogen-bond acceptors (Lipinski definition) is 5. The largest absolute Gasteiger partial charge is 0.485 e. The lowest BCUT2D eigenvalue weighted by molar-refractivity contribution is -0.133. The Hall–Kier alpha value is -3.42. The van der Waals surface area contributed by atoms with E-state index in [1.54, 1.807) is 36.9 Å². The molecule has 8 heteroatoms. The minimum absolute atomic E-state index is 0.115. The SMILES string of the molecule is Cc1cc(F)ccc1OCC(=O)c1ccc2c(c1)N([C@@H](C)C(=O)N1CCCC1)C(=O)CO2. The van der Waals surface area contributed by atoms with Crippen molar-refractivity contribution in [2.24, 2.45) is 0 Å². The van der Waals surface area contributed by atoms with Crippen LogP contribution < -0.4 is 14.4 Å². The third kappa shape index (κ3) is 4.30. The molecule has 2 aromatic rings. The Labute approximate surface area is 185 Å². The number of fused-ring (bicyclic) bond motifs is 1. The van der Waals surface area contributed by atoms with Crippen LogP contribution in [-0.4, -0.2) is 54.8 Å². The van der Waals surface area contributed by atoms with Crippen LogP contribution in [0, 0.1) is 12.7 Å². The summed E-state index contributed by atoms with van der Waals surface area (Å²) in [5.41, 5.74) is 1.31. The van der Waals surface area contributed by atoms with Gasteiger partial charge in [0.15, 0.2) is 19.0 Å².